The van der Waals surface area contributed by atoms with E-state index < -0.39 is 48.0 Å². The Balaban J connectivity index is 1.69. The van der Waals surface area contributed by atoms with Crippen molar-refractivity contribution in [3.63, 3.8) is 0 Å². The lowest BCUT2D eigenvalue weighted by molar-refractivity contribution is -0.757. The Bertz CT molecular complexity index is 1700. The monoisotopic (exact) mass is 629 g/mol. The zero-order chi connectivity index (χ0) is 30.2. The van der Waals surface area contributed by atoms with E-state index in [2.05, 4.69) is 19.8 Å². The maximum atomic E-state index is 12.8. The number of benzene rings is 2. The zero-order valence-electron chi connectivity index (χ0n) is 20.7. The third-order valence-corrected chi connectivity index (χ3v) is 8.19. The summed E-state index contributed by atoms with van der Waals surface area (Å²) in [5, 5.41) is 20.4. The lowest BCUT2D eigenvalue weighted by Crippen LogP contribution is -2.15. The van der Waals surface area contributed by atoms with Gasteiger partial charge in [-0.25, -0.2) is 31.6 Å². The first-order valence-electron chi connectivity index (χ1n) is 10.8. The molecule has 0 spiro atoms. The van der Waals surface area contributed by atoms with Crippen molar-refractivity contribution < 1.29 is 50.6 Å². The van der Waals surface area contributed by atoms with Crippen molar-refractivity contribution in [3.8, 4) is 11.5 Å². The summed E-state index contributed by atoms with van der Waals surface area (Å²) in [6, 6.07) is 9.08. The predicted molar refractivity (Wildman–Crippen MR) is 139 cm³/mol. The smallest absolute Gasteiger partial charge is 0.343 e. The minimum Gasteiger partial charge on any atom is -0.493 e. The van der Waals surface area contributed by atoms with E-state index in [1.807, 2.05) is 0 Å². The first-order chi connectivity index (χ1) is 19.3. The summed E-state index contributed by atoms with van der Waals surface area (Å²) in [6.07, 6.45) is 2.42. The van der Waals surface area contributed by atoms with Crippen LogP contribution >= 0.6 is 11.3 Å². The fraction of sp³-hybridized carbons (Fsp3) is 0.143. The van der Waals surface area contributed by atoms with Crippen molar-refractivity contribution in [2.75, 3.05) is 25.0 Å². The van der Waals surface area contributed by atoms with Crippen LogP contribution in [0.15, 0.2) is 57.8 Å². The number of nitrogens with one attached hydrogen (secondary N) is 1. The van der Waals surface area contributed by atoms with Crippen molar-refractivity contribution in [2.45, 2.75) is 9.24 Å². The molecular weight excluding hydrogens is 610 g/mol. The van der Waals surface area contributed by atoms with Gasteiger partial charge in [0.2, 0.25) is 9.47 Å². The van der Waals surface area contributed by atoms with E-state index in [0.717, 1.165) is 12.1 Å². The van der Waals surface area contributed by atoms with Gasteiger partial charge in [-0.1, -0.05) is 23.5 Å². The Labute approximate surface area is 235 Å². The van der Waals surface area contributed by atoms with E-state index in [1.54, 1.807) is 0 Å². The Kier molecular flexibility index (Phi) is 9.89. The van der Waals surface area contributed by atoms with Gasteiger partial charge >= 0.3 is 11.9 Å². The normalized spacial score (nSPS) is 11.6. The minimum atomic E-state index is -4.31. The number of ether oxygens (including phenoxy) is 3. The number of esters is 2. The lowest BCUT2D eigenvalue weighted by Gasteiger charge is -2.11. The molecule has 0 fully saturated rings. The number of carbonyl (C=O) groups is 2. The van der Waals surface area contributed by atoms with Crippen LogP contribution in [0.25, 0.3) is 6.08 Å². The fourth-order valence-electron chi connectivity index (χ4n) is 2.83. The van der Waals surface area contributed by atoms with Crippen LogP contribution in [0, 0.1) is 10.1 Å². The summed E-state index contributed by atoms with van der Waals surface area (Å²) < 4.78 is 64.9. The molecule has 41 heavy (non-hydrogen) atoms. The molecule has 0 atom stereocenters. The predicted octanol–water partition coefficient (Wildman–Crippen LogP) is 0.979. The number of sulfonamides is 2. The van der Waals surface area contributed by atoms with Crippen LogP contribution in [0.3, 0.4) is 0 Å². The SMILES string of the molecule is COc1cc(/C=C/C(=O)OCCO[N+](=O)[O-])ccc1OC(=O)c1cccc(S(=O)(=O)Nc2nnc(S(N)(=O)=O)s2)c1. The molecule has 0 unspecified atom stereocenters. The van der Waals surface area contributed by atoms with Gasteiger partial charge in [-0.15, -0.1) is 20.3 Å². The van der Waals surface area contributed by atoms with Gasteiger partial charge in [-0.05, 0) is 42.0 Å². The Morgan fingerprint density at radius 1 is 1.10 bits per heavy atom. The second-order valence-electron chi connectivity index (χ2n) is 7.41. The van der Waals surface area contributed by atoms with Gasteiger partial charge in [0.15, 0.2) is 11.5 Å². The van der Waals surface area contributed by atoms with Crippen molar-refractivity contribution in [2.24, 2.45) is 5.14 Å². The van der Waals surface area contributed by atoms with Crippen molar-refractivity contribution in [3.05, 3.63) is 69.8 Å². The molecule has 3 N–H and O–H groups in total. The molecule has 3 aromatic rings. The third-order valence-electron chi connectivity index (χ3n) is 4.58. The van der Waals surface area contributed by atoms with Crippen LogP contribution in [0.4, 0.5) is 5.13 Å². The second kappa shape index (κ2) is 13.1. The summed E-state index contributed by atoms with van der Waals surface area (Å²) in [7, 11) is -7.19. The van der Waals surface area contributed by atoms with E-state index in [0.29, 0.717) is 16.9 Å². The summed E-state index contributed by atoms with van der Waals surface area (Å²) in [4.78, 5) is 38.2. The Morgan fingerprint density at radius 3 is 2.51 bits per heavy atom. The second-order valence-corrected chi connectivity index (χ2v) is 11.8. The summed E-state index contributed by atoms with van der Waals surface area (Å²) >= 11 is 0.400. The van der Waals surface area contributed by atoms with Crippen LogP contribution in [-0.4, -0.2) is 64.4 Å². The average molecular weight is 630 g/mol. The number of carbonyl (C=O) groups excluding carboxylic acids is 2. The fourth-order valence-corrected chi connectivity index (χ4v) is 5.44. The molecule has 17 nitrogen and oxygen atoms in total. The molecule has 218 valence electrons. The molecule has 2 aromatic carbocycles. The quantitative estimate of drug-likeness (QED) is 0.0668. The van der Waals surface area contributed by atoms with E-state index in [4.69, 9.17) is 19.3 Å². The van der Waals surface area contributed by atoms with Crippen molar-refractivity contribution in [1.29, 1.82) is 0 Å². The van der Waals surface area contributed by atoms with E-state index in [-0.39, 0.29) is 33.7 Å². The molecule has 1 heterocycles. The molecule has 1 aromatic heterocycles. The molecule has 0 saturated carbocycles. The lowest BCUT2D eigenvalue weighted by atomic mass is 10.2. The Hall–Kier alpha value is -4.66. The standard InChI is InChI=1S/C21H19N5O12S3/c1-35-17-11-13(6-8-18(27)36-9-10-37-26(29)30)5-7-16(17)38-19(28)14-3-2-4-15(12-14)41(33,34)25-20-23-24-21(39-20)40(22,31)32/h2-8,11-12H,9-10H2,1H3,(H,23,25)(H2,22,31,32)/b8-6+. The molecule has 0 aliphatic carbocycles. The van der Waals surface area contributed by atoms with Gasteiger partial charge in [-0.2, -0.15) is 0 Å². The number of aromatic nitrogens is 2. The first kappa shape index (κ1) is 30.9. The molecule has 0 aliphatic heterocycles. The van der Waals surface area contributed by atoms with Crippen LogP contribution in [0.2, 0.25) is 0 Å². The largest absolute Gasteiger partial charge is 0.493 e. The number of methoxy groups -OCH3 is 1. The number of nitrogens with zero attached hydrogens (tertiary/aromatic N) is 3. The minimum absolute atomic E-state index is 0.0232. The number of hydrogen-bond donors (Lipinski definition) is 2. The molecular formula is C21H19N5O12S3. The zero-order valence-corrected chi connectivity index (χ0v) is 23.1. The number of nitrogens with two attached hydrogens (primary N) is 1. The van der Waals surface area contributed by atoms with Crippen LogP contribution in [0.5, 0.6) is 11.5 Å². The van der Waals surface area contributed by atoms with Gasteiger partial charge in [0.05, 0.1) is 17.6 Å². The number of hydrogen-bond acceptors (Lipinski definition) is 15. The number of primary sulfonamides is 1. The van der Waals surface area contributed by atoms with Gasteiger partial charge in [0.25, 0.3) is 25.1 Å². The third kappa shape index (κ3) is 8.93. The highest BCUT2D eigenvalue weighted by Crippen LogP contribution is 2.30. The van der Waals surface area contributed by atoms with Crippen molar-refractivity contribution in [1.82, 2.24) is 10.2 Å². The van der Waals surface area contributed by atoms with E-state index in [9.17, 15) is 36.5 Å². The molecule has 0 bridgehead atoms. The molecule has 0 radical (unpaired) electrons. The summed E-state index contributed by atoms with van der Waals surface area (Å²) in [5.74, 6) is -1.64. The van der Waals surface area contributed by atoms with Crippen LogP contribution in [0.1, 0.15) is 15.9 Å². The van der Waals surface area contributed by atoms with Crippen LogP contribution < -0.4 is 19.3 Å². The molecule has 0 saturated heterocycles. The van der Waals surface area contributed by atoms with Crippen LogP contribution in [-0.2, 0) is 34.4 Å². The molecule has 20 heteroatoms. The van der Waals surface area contributed by atoms with Crippen molar-refractivity contribution >= 4 is 54.5 Å². The van der Waals surface area contributed by atoms with Gasteiger partial charge in [0, 0.05) is 6.08 Å². The summed E-state index contributed by atoms with van der Waals surface area (Å²) in [5.41, 5.74) is 0.298. The topological polar surface area (TPSA) is 246 Å². The Morgan fingerprint density at radius 2 is 1.85 bits per heavy atom. The molecule has 0 amide bonds. The van der Waals surface area contributed by atoms with Gasteiger partial charge in [0.1, 0.15) is 13.2 Å². The highest BCUT2D eigenvalue weighted by Gasteiger charge is 2.22. The van der Waals surface area contributed by atoms with E-state index in [1.165, 1.54) is 49.6 Å². The highest BCUT2D eigenvalue weighted by atomic mass is 32.2. The maximum Gasteiger partial charge on any atom is 0.343 e. The number of anilines is 1. The molecule has 0 aliphatic rings. The highest BCUT2D eigenvalue weighted by molar-refractivity contribution is 7.93. The van der Waals surface area contributed by atoms with Gasteiger partial charge in [-0.3, -0.25) is 4.72 Å². The average Bonchev–Trinajstić information content (AvgIpc) is 3.39. The van der Waals surface area contributed by atoms with Gasteiger partial charge < -0.3 is 19.0 Å². The number of rotatable bonds is 13. The summed E-state index contributed by atoms with van der Waals surface area (Å²) in [6.45, 7) is -0.750. The first-order valence-corrected chi connectivity index (χ1v) is 14.6. The molecule has 3 rings (SSSR count). The van der Waals surface area contributed by atoms with E-state index >= 15 is 0 Å². The maximum absolute atomic E-state index is 12.8.